The van der Waals surface area contributed by atoms with Crippen molar-refractivity contribution < 1.29 is 0 Å². The summed E-state index contributed by atoms with van der Waals surface area (Å²) < 4.78 is 6.22. The fourth-order valence-corrected chi connectivity index (χ4v) is 17.7. The molecule has 6 aliphatic rings. The molecule has 2 heteroatoms. The number of hydrogen-bond acceptors (Lipinski definition) is 1. The normalized spacial score (nSPS) is 21.9. The monoisotopic (exact) mass is 837 g/mol. The van der Waals surface area contributed by atoms with Crippen LogP contribution in [-0.2, 0) is 10.8 Å². The van der Waals surface area contributed by atoms with Crippen molar-refractivity contribution >= 4 is 34.2 Å². The van der Waals surface area contributed by atoms with Gasteiger partial charge in [0.15, 0.2) is 0 Å². The van der Waals surface area contributed by atoms with Crippen LogP contribution in [0.4, 0.5) is 5.69 Å². The van der Waals surface area contributed by atoms with Crippen LogP contribution in [0.5, 0.6) is 0 Å². The first-order valence-electron chi connectivity index (χ1n) is 23.6. The predicted molar refractivity (Wildman–Crippen MR) is 267 cm³/mol. The molecule has 4 unspecified atom stereocenters. The van der Waals surface area contributed by atoms with Crippen molar-refractivity contribution in [2.24, 2.45) is 10.7 Å². The van der Waals surface area contributed by atoms with Crippen molar-refractivity contribution in [1.82, 2.24) is 0 Å². The molecule has 0 heterocycles. The second-order valence-electron chi connectivity index (χ2n) is 19.0. The summed E-state index contributed by atoms with van der Waals surface area (Å²) in [5.41, 5.74) is 20.6. The molecule has 1 saturated carbocycles. The number of hydrogen-bond donors (Lipinski definition) is 0. The minimum atomic E-state index is -2.78. The van der Waals surface area contributed by atoms with Gasteiger partial charge in [0, 0.05) is 15.9 Å². The van der Waals surface area contributed by atoms with Gasteiger partial charge in [-0.25, -0.2) is 0 Å². The molecule has 0 N–H and O–H groups in total. The third-order valence-electron chi connectivity index (χ3n) is 16.3. The Labute approximate surface area is 377 Å². The summed E-state index contributed by atoms with van der Waals surface area (Å²) in [4.78, 5) is 0. The Kier molecular flexibility index (Phi) is 7.92. The van der Waals surface area contributed by atoms with Gasteiger partial charge in [0.05, 0.1) is 23.6 Å². The van der Waals surface area contributed by atoms with E-state index in [0.29, 0.717) is 11.8 Å². The fraction of sp³-hybridized carbons (Fsp3) is 0.161. The molecule has 1 nitrogen and oxygen atoms in total. The molecule has 8 aromatic rings. The topological polar surface area (TPSA) is 12.4 Å². The summed E-state index contributed by atoms with van der Waals surface area (Å²) in [5.74, 6) is 1.04. The molecule has 0 aromatic heterocycles. The molecule has 306 valence electrons. The molecule has 0 aliphatic heterocycles. The molecule has 0 amide bonds. The van der Waals surface area contributed by atoms with Crippen LogP contribution in [0.25, 0.3) is 27.8 Å². The van der Waals surface area contributed by atoms with Gasteiger partial charge in [-0.3, -0.25) is 4.74 Å². The molecule has 0 bridgehead atoms. The first-order chi connectivity index (χ1) is 31.7. The van der Waals surface area contributed by atoms with Crippen LogP contribution < -0.4 is 15.9 Å². The maximum Gasteiger partial charge on any atom is 0.0688 e. The molecular weight excluding hydrogens is 790 g/mol. The average molecular weight is 838 g/mol. The quantitative estimate of drug-likeness (QED) is 0.157. The lowest BCUT2D eigenvalue weighted by molar-refractivity contribution is 0.265. The first kappa shape index (κ1) is 36.9. The molecule has 2 spiro atoms. The molecule has 8 aromatic carbocycles. The van der Waals surface area contributed by atoms with Gasteiger partial charge in [0.25, 0.3) is 0 Å². The van der Waals surface area contributed by atoms with Crippen molar-refractivity contribution in [1.29, 1.82) is 0 Å². The molecule has 4 atom stereocenters. The van der Waals surface area contributed by atoms with Gasteiger partial charge in [-0.2, -0.15) is 0 Å². The van der Waals surface area contributed by atoms with Crippen molar-refractivity contribution in [3.8, 4) is 22.3 Å². The zero-order valence-electron chi connectivity index (χ0n) is 35.9. The maximum absolute atomic E-state index is 6.22. The lowest BCUT2D eigenvalue weighted by Gasteiger charge is -2.40. The highest BCUT2D eigenvalue weighted by Crippen LogP contribution is 2.68. The predicted octanol–water partition coefficient (Wildman–Crippen LogP) is 14.5. The van der Waals surface area contributed by atoms with E-state index in [2.05, 4.69) is 206 Å². The minimum Gasteiger partial charge on any atom is -0.254 e. The largest absolute Gasteiger partial charge is 0.254 e. The van der Waals surface area contributed by atoms with E-state index in [1.165, 1.54) is 108 Å². The minimum absolute atomic E-state index is 0.211. The lowest BCUT2D eigenvalue weighted by Crippen LogP contribution is -2.35. The standard InChI is InChI=1S/C62H48NP/c1-3-19-41(20-4-1)63-64(42-21-5-2-6-22-42,43-35-37-51-49-27-11-17-33-57(49)61(59(51)39-43)53-29-13-7-23-45(53)46-24-8-14-30-54(46)61)44-36-38-52-50-28-12-18-34-58(50)62(60(52)40-44)55-31-15-9-25-47(55)48-26-10-16-32-56(48)62/h1-11,13,15-17,19-27,29,31-33,35-40,50,58H,12,14,18,28,30,34H2. The molecule has 6 aliphatic carbocycles. The van der Waals surface area contributed by atoms with Crippen molar-refractivity contribution in [2.45, 2.75) is 55.3 Å². The van der Waals surface area contributed by atoms with Gasteiger partial charge in [0.2, 0.25) is 0 Å². The Morgan fingerprint density at radius 1 is 0.453 bits per heavy atom. The third-order valence-corrected chi connectivity index (χ3v) is 20.0. The SMILES string of the molecule is C1=CC2=C(CC1)C1(c3ccccc32)c2ccccc2-c2ccc(P(=Nc3ccccc3)(c3ccccc3)c3ccc4c(c3)C3(c5ccccc5-c5ccccc53)C3CCCCC43)cc21. The van der Waals surface area contributed by atoms with E-state index in [-0.39, 0.29) is 10.8 Å². The molecular formula is C62H48NP. The second kappa shape index (κ2) is 13.7. The third kappa shape index (κ3) is 4.63. The Bertz CT molecular complexity index is 3320. The number of rotatable bonds is 4. The van der Waals surface area contributed by atoms with E-state index in [1.54, 1.807) is 11.1 Å². The highest BCUT2D eigenvalue weighted by molar-refractivity contribution is 7.87. The van der Waals surface area contributed by atoms with E-state index in [9.17, 15) is 0 Å². The molecule has 0 saturated heterocycles. The van der Waals surface area contributed by atoms with Gasteiger partial charge < -0.3 is 0 Å². The zero-order chi connectivity index (χ0) is 42.0. The summed E-state index contributed by atoms with van der Waals surface area (Å²) in [6.07, 6.45) is 12.0. The summed E-state index contributed by atoms with van der Waals surface area (Å²) in [6, 6.07) is 75.0. The Morgan fingerprint density at radius 3 is 1.72 bits per heavy atom. The van der Waals surface area contributed by atoms with Crippen LogP contribution in [0, 0.1) is 5.92 Å². The number of benzene rings is 8. The van der Waals surface area contributed by atoms with Crippen LogP contribution in [0.2, 0.25) is 0 Å². The van der Waals surface area contributed by atoms with Crippen LogP contribution in [0.1, 0.15) is 89.0 Å². The number of allylic oxidation sites excluding steroid dienone is 4. The molecule has 1 fully saturated rings. The summed E-state index contributed by atoms with van der Waals surface area (Å²) in [7, 11) is -2.78. The van der Waals surface area contributed by atoms with E-state index in [1.807, 2.05) is 0 Å². The van der Waals surface area contributed by atoms with E-state index in [0.717, 1.165) is 18.5 Å². The van der Waals surface area contributed by atoms with E-state index < -0.39 is 7.05 Å². The lowest BCUT2D eigenvalue weighted by atomic mass is 9.63. The smallest absolute Gasteiger partial charge is 0.0688 e. The van der Waals surface area contributed by atoms with Gasteiger partial charge in [-0.1, -0.05) is 195 Å². The van der Waals surface area contributed by atoms with Gasteiger partial charge in [0.1, 0.15) is 0 Å². The molecule has 0 radical (unpaired) electrons. The van der Waals surface area contributed by atoms with Gasteiger partial charge in [-0.05, 0) is 140 Å². The molecule has 64 heavy (non-hydrogen) atoms. The fourth-order valence-electron chi connectivity index (χ4n) is 14.1. The summed E-state index contributed by atoms with van der Waals surface area (Å²) in [6.45, 7) is 0. The van der Waals surface area contributed by atoms with Crippen LogP contribution in [-0.4, -0.2) is 0 Å². The van der Waals surface area contributed by atoms with Crippen molar-refractivity contribution in [2.75, 3.05) is 0 Å². The number of fused-ring (bicyclic) bond motifs is 19. The summed E-state index contributed by atoms with van der Waals surface area (Å²) in [5, 5.41) is 3.92. The average Bonchev–Trinajstić information content (AvgIpc) is 4.05. The van der Waals surface area contributed by atoms with E-state index in [4.69, 9.17) is 4.74 Å². The van der Waals surface area contributed by atoms with Crippen molar-refractivity contribution in [3.63, 3.8) is 0 Å². The number of nitrogens with zero attached hydrogens (tertiary/aromatic N) is 1. The Morgan fingerprint density at radius 2 is 1.00 bits per heavy atom. The van der Waals surface area contributed by atoms with Crippen LogP contribution in [0.15, 0.2) is 217 Å². The second-order valence-corrected chi connectivity index (χ2v) is 22.0. The van der Waals surface area contributed by atoms with Gasteiger partial charge in [-0.15, -0.1) is 0 Å². The van der Waals surface area contributed by atoms with Crippen LogP contribution in [0.3, 0.4) is 0 Å². The Hall–Kier alpha value is -6.53. The Balaban J connectivity index is 1.10. The highest BCUT2D eigenvalue weighted by Gasteiger charge is 2.59. The van der Waals surface area contributed by atoms with Crippen LogP contribution >= 0.6 is 7.05 Å². The van der Waals surface area contributed by atoms with E-state index >= 15 is 0 Å². The zero-order valence-corrected chi connectivity index (χ0v) is 36.8. The van der Waals surface area contributed by atoms with Gasteiger partial charge >= 0.3 is 0 Å². The van der Waals surface area contributed by atoms with Crippen molar-refractivity contribution in [3.05, 3.63) is 256 Å². The maximum atomic E-state index is 6.22. The highest BCUT2D eigenvalue weighted by atomic mass is 31.2. The summed E-state index contributed by atoms with van der Waals surface area (Å²) >= 11 is 0. The molecule has 14 rings (SSSR count). The first-order valence-corrected chi connectivity index (χ1v) is 25.3.